The molecule has 0 fully saturated rings. The number of anilines is 2. The van der Waals surface area contributed by atoms with Gasteiger partial charge in [0, 0.05) is 11.3 Å². The van der Waals surface area contributed by atoms with E-state index in [0.29, 0.717) is 27.8 Å². The zero-order valence-corrected chi connectivity index (χ0v) is 12.4. The number of aromatic nitrogens is 1. The van der Waals surface area contributed by atoms with Crippen molar-refractivity contribution in [2.24, 2.45) is 0 Å². The van der Waals surface area contributed by atoms with Gasteiger partial charge in [0.2, 0.25) is 0 Å². The van der Waals surface area contributed by atoms with Gasteiger partial charge in [-0.15, -0.1) is 0 Å². The Labute approximate surface area is 123 Å². The first kappa shape index (κ1) is 14.3. The van der Waals surface area contributed by atoms with Crippen LogP contribution in [0.15, 0.2) is 24.3 Å². The standard InChI is InChI=1S/C15H16ClN3O/c1-8-6-9(2)12(17)7-11(8)15(20)19-13-4-5-14(16)18-10(13)3/h4-7H,17H2,1-3H3,(H,19,20). The van der Waals surface area contributed by atoms with Gasteiger partial charge in [0.15, 0.2) is 0 Å². The van der Waals surface area contributed by atoms with Crippen LogP contribution in [0.1, 0.15) is 27.2 Å². The van der Waals surface area contributed by atoms with Crippen LogP contribution in [-0.2, 0) is 0 Å². The molecule has 0 aliphatic rings. The lowest BCUT2D eigenvalue weighted by molar-refractivity contribution is 0.102. The number of amides is 1. The number of carbonyl (C=O) groups is 1. The van der Waals surface area contributed by atoms with Crippen LogP contribution in [0, 0.1) is 20.8 Å². The summed E-state index contributed by atoms with van der Waals surface area (Å²) in [6.07, 6.45) is 0. The first-order valence-corrected chi connectivity index (χ1v) is 6.57. The monoisotopic (exact) mass is 289 g/mol. The van der Waals surface area contributed by atoms with E-state index in [9.17, 15) is 4.79 Å². The molecule has 3 N–H and O–H groups in total. The highest BCUT2D eigenvalue weighted by molar-refractivity contribution is 6.29. The van der Waals surface area contributed by atoms with Crippen molar-refractivity contribution in [2.45, 2.75) is 20.8 Å². The minimum atomic E-state index is -0.207. The van der Waals surface area contributed by atoms with Crippen LogP contribution in [-0.4, -0.2) is 10.9 Å². The number of halogens is 1. The molecule has 0 saturated heterocycles. The van der Waals surface area contributed by atoms with Gasteiger partial charge >= 0.3 is 0 Å². The minimum absolute atomic E-state index is 0.207. The van der Waals surface area contributed by atoms with Gasteiger partial charge < -0.3 is 11.1 Å². The Balaban J connectivity index is 2.31. The van der Waals surface area contributed by atoms with Gasteiger partial charge in [0.1, 0.15) is 5.15 Å². The average molecular weight is 290 g/mol. The summed E-state index contributed by atoms with van der Waals surface area (Å²) >= 11 is 5.79. The molecule has 1 aromatic carbocycles. The fourth-order valence-corrected chi connectivity index (χ4v) is 2.16. The third-order valence-electron chi connectivity index (χ3n) is 3.16. The van der Waals surface area contributed by atoms with Crippen molar-refractivity contribution in [2.75, 3.05) is 11.1 Å². The molecule has 1 amide bonds. The zero-order chi connectivity index (χ0) is 14.9. The van der Waals surface area contributed by atoms with E-state index in [4.69, 9.17) is 17.3 Å². The number of rotatable bonds is 2. The van der Waals surface area contributed by atoms with Gasteiger partial charge in [-0.25, -0.2) is 4.98 Å². The van der Waals surface area contributed by atoms with Crippen LogP contribution in [0.25, 0.3) is 0 Å². The number of benzene rings is 1. The Morgan fingerprint density at radius 3 is 2.55 bits per heavy atom. The number of carbonyl (C=O) groups excluding carboxylic acids is 1. The molecule has 4 nitrogen and oxygen atoms in total. The summed E-state index contributed by atoms with van der Waals surface area (Å²) in [4.78, 5) is 16.4. The number of hydrogen-bond donors (Lipinski definition) is 2. The van der Waals surface area contributed by atoms with Crippen molar-refractivity contribution in [1.82, 2.24) is 4.98 Å². The van der Waals surface area contributed by atoms with E-state index in [1.165, 1.54) is 0 Å². The zero-order valence-electron chi connectivity index (χ0n) is 11.6. The quantitative estimate of drug-likeness (QED) is 0.657. The summed E-state index contributed by atoms with van der Waals surface area (Å²) in [7, 11) is 0. The highest BCUT2D eigenvalue weighted by atomic mass is 35.5. The SMILES string of the molecule is Cc1cc(C)c(C(=O)Nc2ccc(Cl)nc2C)cc1N. The molecule has 1 heterocycles. The molecule has 0 spiro atoms. The van der Waals surface area contributed by atoms with Gasteiger partial charge in [-0.1, -0.05) is 17.7 Å². The number of nitrogens with one attached hydrogen (secondary N) is 1. The lowest BCUT2D eigenvalue weighted by atomic mass is 10.0. The van der Waals surface area contributed by atoms with Crippen LogP contribution >= 0.6 is 11.6 Å². The van der Waals surface area contributed by atoms with Crippen molar-refractivity contribution in [3.8, 4) is 0 Å². The van der Waals surface area contributed by atoms with Crippen LogP contribution in [0.2, 0.25) is 5.15 Å². The van der Waals surface area contributed by atoms with E-state index in [1.807, 2.05) is 19.9 Å². The molecule has 2 rings (SSSR count). The largest absolute Gasteiger partial charge is 0.398 e. The predicted octanol–water partition coefficient (Wildman–Crippen LogP) is 3.49. The molecule has 0 radical (unpaired) electrons. The Morgan fingerprint density at radius 2 is 1.90 bits per heavy atom. The second-order valence-corrected chi connectivity index (χ2v) is 5.13. The maximum Gasteiger partial charge on any atom is 0.256 e. The van der Waals surface area contributed by atoms with Gasteiger partial charge in [-0.3, -0.25) is 4.79 Å². The van der Waals surface area contributed by atoms with Crippen LogP contribution in [0.4, 0.5) is 11.4 Å². The molecule has 0 aliphatic carbocycles. The fourth-order valence-electron chi connectivity index (χ4n) is 1.97. The maximum atomic E-state index is 12.3. The lowest BCUT2D eigenvalue weighted by Crippen LogP contribution is -2.15. The minimum Gasteiger partial charge on any atom is -0.398 e. The average Bonchev–Trinajstić information content (AvgIpc) is 2.37. The molecular weight excluding hydrogens is 274 g/mol. The van der Waals surface area contributed by atoms with Crippen molar-refractivity contribution in [1.29, 1.82) is 0 Å². The highest BCUT2D eigenvalue weighted by Crippen LogP contribution is 2.21. The number of nitrogen functional groups attached to an aromatic ring is 1. The Bertz CT molecular complexity index is 683. The Kier molecular flexibility index (Phi) is 3.95. The van der Waals surface area contributed by atoms with E-state index in [1.54, 1.807) is 25.1 Å². The molecule has 0 aliphatic heterocycles. The normalized spacial score (nSPS) is 10.4. The second kappa shape index (κ2) is 5.51. The van der Waals surface area contributed by atoms with Crippen molar-refractivity contribution < 1.29 is 4.79 Å². The lowest BCUT2D eigenvalue weighted by Gasteiger charge is -2.11. The molecule has 0 unspecified atom stereocenters. The van der Waals surface area contributed by atoms with E-state index in [0.717, 1.165) is 11.1 Å². The summed E-state index contributed by atoms with van der Waals surface area (Å²) in [5, 5.41) is 3.22. The molecule has 0 bridgehead atoms. The molecule has 20 heavy (non-hydrogen) atoms. The van der Waals surface area contributed by atoms with E-state index in [2.05, 4.69) is 10.3 Å². The summed E-state index contributed by atoms with van der Waals surface area (Å²) in [5.74, 6) is -0.207. The molecular formula is C15H16ClN3O. The predicted molar refractivity (Wildman–Crippen MR) is 82.3 cm³/mol. The second-order valence-electron chi connectivity index (χ2n) is 4.74. The highest BCUT2D eigenvalue weighted by Gasteiger charge is 2.12. The van der Waals surface area contributed by atoms with E-state index < -0.39 is 0 Å². The third-order valence-corrected chi connectivity index (χ3v) is 3.37. The number of nitrogens with two attached hydrogens (primary N) is 1. The van der Waals surface area contributed by atoms with Crippen LogP contribution < -0.4 is 11.1 Å². The van der Waals surface area contributed by atoms with Gasteiger partial charge in [-0.2, -0.15) is 0 Å². The van der Waals surface area contributed by atoms with Crippen molar-refractivity contribution in [3.63, 3.8) is 0 Å². The molecule has 0 saturated carbocycles. The number of aryl methyl sites for hydroxylation is 3. The summed E-state index contributed by atoms with van der Waals surface area (Å²) in [6.45, 7) is 5.59. The van der Waals surface area contributed by atoms with Crippen LogP contribution in [0.3, 0.4) is 0 Å². The maximum absolute atomic E-state index is 12.3. The molecule has 1 aromatic heterocycles. The number of hydrogen-bond acceptors (Lipinski definition) is 3. The first-order valence-electron chi connectivity index (χ1n) is 6.19. The van der Waals surface area contributed by atoms with Gasteiger partial charge in [0.05, 0.1) is 11.4 Å². The number of pyridine rings is 1. The fraction of sp³-hybridized carbons (Fsp3) is 0.200. The molecule has 0 atom stereocenters. The number of nitrogens with zero attached hydrogens (tertiary/aromatic N) is 1. The Morgan fingerprint density at radius 1 is 1.20 bits per heavy atom. The smallest absolute Gasteiger partial charge is 0.256 e. The molecule has 5 heteroatoms. The Hall–Kier alpha value is -2.07. The van der Waals surface area contributed by atoms with Crippen molar-refractivity contribution >= 4 is 28.9 Å². The van der Waals surface area contributed by atoms with Gasteiger partial charge in [0.25, 0.3) is 5.91 Å². The van der Waals surface area contributed by atoms with Crippen LogP contribution in [0.5, 0.6) is 0 Å². The third kappa shape index (κ3) is 2.91. The summed E-state index contributed by atoms with van der Waals surface area (Å²) in [5.41, 5.74) is 10.2. The molecule has 2 aromatic rings. The summed E-state index contributed by atoms with van der Waals surface area (Å²) in [6, 6.07) is 6.96. The van der Waals surface area contributed by atoms with Gasteiger partial charge in [-0.05, 0) is 50.1 Å². The van der Waals surface area contributed by atoms with E-state index in [-0.39, 0.29) is 5.91 Å². The summed E-state index contributed by atoms with van der Waals surface area (Å²) < 4.78 is 0. The topological polar surface area (TPSA) is 68.0 Å². The first-order chi connectivity index (χ1) is 9.38. The van der Waals surface area contributed by atoms with E-state index >= 15 is 0 Å². The van der Waals surface area contributed by atoms with Crippen molar-refractivity contribution in [3.05, 3.63) is 51.8 Å². The molecule has 104 valence electrons.